The van der Waals surface area contributed by atoms with Gasteiger partial charge in [0.15, 0.2) is 0 Å². The minimum absolute atomic E-state index is 0.123. The predicted molar refractivity (Wildman–Crippen MR) is 37.2 cm³/mol. The Balaban J connectivity index is 2.40. The van der Waals surface area contributed by atoms with Crippen molar-refractivity contribution in [2.45, 2.75) is 19.1 Å². The molecule has 1 rings (SSSR count). The lowest BCUT2D eigenvalue weighted by atomic mass is 10.2. The van der Waals surface area contributed by atoms with Gasteiger partial charge in [-0.1, -0.05) is 6.08 Å². The van der Waals surface area contributed by atoms with Gasteiger partial charge in [0, 0.05) is 13.0 Å². The van der Waals surface area contributed by atoms with Crippen LogP contribution in [-0.2, 0) is 4.74 Å². The molecule has 0 aromatic carbocycles. The second-order valence-corrected chi connectivity index (χ2v) is 2.50. The molecule has 0 aromatic rings. The van der Waals surface area contributed by atoms with E-state index in [1.54, 1.807) is 0 Å². The summed E-state index contributed by atoms with van der Waals surface area (Å²) in [5, 5.41) is 3.24. The van der Waals surface area contributed by atoms with Crippen LogP contribution < -0.4 is 5.32 Å². The normalized spacial score (nSPS) is 34.8. The summed E-state index contributed by atoms with van der Waals surface area (Å²) in [4.78, 5) is 0. The molecule has 1 saturated heterocycles. The van der Waals surface area contributed by atoms with Crippen molar-refractivity contribution >= 4 is 0 Å². The van der Waals surface area contributed by atoms with Gasteiger partial charge in [-0.2, -0.15) is 0 Å². The average Bonchev–Trinajstić information content (AvgIpc) is 2.16. The molecule has 1 aliphatic rings. The van der Waals surface area contributed by atoms with Crippen LogP contribution in [0.2, 0.25) is 0 Å². The summed E-state index contributed by atoms with van der Waals surface area (Å²) in [6.45, 7) is 7.48. The number of ether oxygens (including phenoxy) is 1. The maximum absolute atomic E-state index is 5.40. The number of rotatable bonds is 2. The van der Waals surface area contributed by atoms with Crippen molar-refractivity contribution in [3.63, 3.8) is 0 Å². The van der Waals surface area contributed by atoms with Gasteiger partial charge in [0.05, 0.1) is 6.61 Å². The maximum Gasteiger partial charge on any atom is 0.119 e. The fourth-order valence-corrected chi connectivity index (χ4v) is 1.05. The number of nitrogens with one attached hydrogen (secondary N) is 1. The summed E-state index contributed by atoms with van der Waals surface area (Å²) >= 11 is 0. The molecule has 0 radical (unpaired) electrons. The van der Waals surface area contributed by atoms with Crippen LogP contribution in [0.25, 0.3) is 0 Å². The molecular weight excluding hydrogens is 114 g/mol. The largest absolute Gasteiger partial charge is 0.359 e. The molecule has 1 atom stereocenters. The highest BCUT2D eigenvalue weighted by molar-refractivity contribution is 4.85. The van der Waals surface area contributed by atoms with Gasteiger partial charge < -0.3 is 4.74 Å². The van der Waals surface area contributed by atoms with Crippen molar-refractivity contribution in [2.75, 3.05) is 13.2 Å². The lowest BCUT2D eigenvalue weighted by Gasteiger charge is -2.20. The molecule has 1 aliphatic heterocycles. The third kappa shape index (κ3) is 1.53. The average molecular weight is 127 g/mol. The predicted octanol–water partition coefficient (Wildman–Crippen LogP) is 0.898. The zero-order valence-corrected chi connectivity index (χ0v) is 5.81. The summed E-state index contributed by atoms with van der Waals surface area (Å²) in [6.07, 6.45) is 2.76. The van der Waals surface area contributed by atoms with Crippen LogP contribution in [0.3, 0.4) is 0 Å². The Kier molecular flexibility index (Phi) is 1.88. The van der Waals surface area contributed by atoms with Crippen LogP contribution in [0.15, 0.2) is 12.7 Å². The summed E-state index contributed by atoms with van der Waals surface area (Å²) in [5.74, 6) is 0. The summed E-state index contributed by atoms with van der Waals surface area (Å²) in [7, 11) is 0. The van der Waals surface area contributed by atoms with E-state index in [4.69, 9.17) is 4.74 Å². The van der Waals surface area contributed by atoms with Gasteiger partial charge in [-0.3, -0.25) is 5.32 Å². The zero-order valence-electron chi connectivity index (χ0n) is 5.81. The third-order valence-corrected chi connectivity index (χ3v) is 1.56. The SMILES string of the molecule is C=CCC1(C)NCCO1. The third-order valence-electron chi connectivity index (χ3n) is 1.56. The van der Waals surface area contributed by atoms with Gasteiger partial charge in [0.2, 0.25) is 0 Å². The minimum atomic E-state index is -0.123. The highest BCUT2D eigenvalue weighted by Gasteiger charge is 2.26. The van der Waals surface area contributed by atoms with Gasteiger partial charge >= 0.3 is 0 Å². The monoisotopic (exact) mass is 127 g/mol. The highest BCUT2D eigenvalue weighted by Crippen LogP contribution is 2.15. The van der Waals surface area contributed by atoms with E-state index in [1.165, 1.54) is 0 Å². The molecule has 0 saturated carbocycles. The molecule has 2 heteroatoms. The molecule has 52 valence electrons. The second kappa shape index (κ2) is 2.50. The minimum Gasteiger partial charge on any atom is -0.359 e. The van der Waals surface area contributed by atoms with Crippen LogP contribution in [0.5, 0.6) is 0 Å². The van der Waals surface area contributed by atoms with E-state index < -0.39 is 0 Å². The first-order valence-corrected chi connectivity index (χ1v) is 3.27. The van der Waals surface area contributed by atoms with Gasteiger partial charge in [-0.15, -0.1) is 6.58 Å². The molecule has 0 aliphatic carbocycles. The van der Waals surface area contributed by atoms with E-state index in [0.29, 0.717) is 0 Å². The van der Waals surface area contributed by atoms with Crippen molar-refractivity contribution < 1.29 is 4.74 Å². The van der Waals surface area contributed by atoms with E-state index in [9.17, 15) is 0 Å². The van der Waals surface area contributed by atoms with Gasteiger partial charge in [-0.05, 0) is 6.92 Å². The van der Waals surface area contributed by atoms with Crippen molar-refractivity contribution in [3.8, 4) is 0 Å². The Morgan fingerprint density at radius 1 is 1.89 bits per heavy atom. The molecule has 0 spiro atoms. The highest BCUT2D eigenvalue weighted by atomic mass is 16.5. The topological polar surface area (TPSA) is 21.3 Å². The Morgan fingerprint density at radius 3 is 3.11 bits per heavy atom. The maximum atomic E-state index is 5.40. The van der Waals surface area contributed by atoms with Crippen molar-refractivity contribution in [1.82, 2.24) is 5.32 Å². The van der Waals surface area contributed by atoms with Crippen LogP contribution in [0.1, 0.15) is 13.3 Å². The van der Waals surface area contributed by atoms with Crippen molar-refractivity contribution in [2.24, 2.45) is 0 Å². The second-order valence-electron chi connectivity index (χ2n) is 2.50. The van der Waals surface area contributed by atoms with Crippen molar-refractivity contribution in [3.05, 3.63) is 12.7 Å². The fraction of sp³-hybridized carbons (Fsp3) is 0.714. The van der Waals surface area contributed by atoms with Crippen LogP contribution in [0.4, 0.5) is 0 Å². The van der Waals surface area contributed by atoms with Gasteiger partial charge in [0.25, 0.3) is 0 Å². The Hall–Kier alpha value is -0.340. The molecule has 1 N–H and O–H groups in total. The fourth-order valence-electron chi connectivity index (χ4n) is 1.05. The van der Waals surface area contributed by atoms with Gasteiger partial charge in [0.1, 0.15) is 5.72 Å². The van der Waals surface area contributed by atoms with Crippen LogP contribution >= 0.6 is 0 Å². The summed E-state index contributed by atoms with van der Waals surface area (Å²) in [5.41, 5.74) is -0.123. The molecule has 0 bridgehead atoms. The van der Waals surface area contributed by atoms with E-state index in [0.717, 1.165) is 19.6 Å². The first-order chi connectivity index (χ1) is 4.27. The van der Waals surface area contributed by atoms with Crippen LogP contribution in [0, 0.1) is 0 Å². The quantitative estimate of drug-likeness (QED) is 0.556. The van der Waals surface area contributed by atoms with Crippen molar-refractivity contribution in [1.29, 1.82) is 0 Å². The molecule has 1 fully saturated rings. The molecular formula is C7H13NO. The molecule has 9 heavy (non-hydrogen) atoms. The zero-order chi connectivity index (χ0) is 6.74. The Morgan fingerprint density at radius 2 is 2.67 bits per heavy atom. The Labute approximate surface area is 55.9 Å². The molecule has 2 nitrogen and oxygen atoms in total. The van der Waals surface area contributed by atoms with E-state index in [-0.39, 0.29) is 5.72 Å². The first-order valence-electron chi connectivity index (χ1n) is 3.27. The molecule has 1 unspecified atom stereocenters. The van der Waals surface area contributed by atoms with Gasteiger partial charge in [-0.25, -0.2) is 0 Å². The molecule has 1 heterocycles. The molecule has 0 aromatic heterocycles. The lowest BCUT2D eigenvalue weighted by molar-refractivity contribution is 0.00934. The Bertz CT molecular complexity index is 105. The van der Waals surface area contributed by atoms with E-state index in [1.807, 2.05) is 13.0 Å². The molecule has 0 amide bonds. The standard InChI is InChI=1S/C7H13NO/c1-3-4-7(2)8-5-6-9-7/h3,8H,1,4-6H2,2H3. The number of hydrogen-bond donors (Lipinski definition) is 1. The van der Waals surface area contributed by atoms with Crippen LogP contribution in [-0.4, -0.2) is 18.9 Å². The summed E-state index contributed by atoms with van der Waals surface area (Å²) in [6, 6.07) is 0. The number of hydrogen-bond acceptors (Lipinski definition) is 2. The van der Waals surface area contributed by atoms with E-state index in [2.05, 4.69) is 11.9 Å². The first kappa shape index (κ1) is 6.78. The summed E-state index contributed by atoms with van der Waals surface area (Å²) < 4.78 is 5.40. The lowest BCUT2D eigenvalue weighted by Crippen LogP contribution is -2.36. The van der Waals surface area contributed by atoms with E-state index >= 15 is 0 Å². The smallest absolute Gasteiger partial charge is 0.119 e.